The number of carbonyl (C=O) groups is 1. The average Bonchev–Trinajstić information content (AvgIpc) is 3.15. The third-order valence-electron chi connectivity index (χ3n) is 4.52. The van der Waals surface area contributed by atoms with Crippen LogP contribution in [0.15, 0.2) is 47.4 Å². The van der Waals surface area contributed by atoms with Crippen LogP contribution < -0.4 is 4.72 Å². The van der Waals surface area contributed by atoms with Gasteiger partial charge in [-0.05, 0) is 55.2 Å². The van der Waals surface area contributed by atoms with E-state index in [9.17, 15) is 13.2 Å². The summed E-state index contributed by atoms with van der Waals surface area (Å²) in [5, 5.41) is 0.597. The fraction of sp³-hybridized carbons (Fsp3) is 0.316. The first kappa shape index (κ1) is 18.9. The fourth-order valence-corrected chi connectivity index (χ4v) is 4.12. The Hall–Kier alpha value is -1.89. The van der Waals surface area contributed by atoms with Gasteiger partial charge in [0, 0.05) is 30.2 Å². The zero-order chi connectivity index (χ0) is 18.7. The van der Waals surface area contributed by atoms with Crippen molar-refractivity contribution in [2.75, 3.05) is 13.1 Å². The molecule has 1 saturated heterocycles. The van der Waals surface area contributed by atoms with E-state index >= 15 is 0 Å². The Morgan fingerprint density at radius 3 is 2.42 bits per heavy atom. The lowest BCUT2D eigenvalue weighted by atomic mass is 10.1. The zero-order valence-corrected chi connectivity index (χ0v) is 16.1. The standard InChI is InChI=1S/C19H21ClN2O3S/c1-14-4-9-17(12-18(14)19(23)22-10-2-3-11-22)26(24,25)21-13-15-5-7-16(20)8-6-15/h4-9,12,21H,2-3,10-11,13H2,1H3. The number of likely N-dealkylation sites (tertiary alicyclic amines) is 1. The maximum atomic E-state index is 12.7. The largest absolute Gasteiger partial charge is 0.339 e. The molecule has 0 atom stereocenters. The molecular formula is C19H21ClN2O3S. The molecule has 1 aliphatic rings. The molecule has 0 bridgehead atoms. The number of benzene rings is 2. The van der Waals surface area contributed by atoms with Crippen molar-refractivity contribution in [2.24, 2.45) is 0 Å². The van der Waals surface area contributed by atoms with Crippen molar-refractivity contribution in [1.29, 1.82) is 0 Å². The van der Waals surface area contributed by atoms with Gasteiger partial charge in [0.25, 0.3) is 5.91 Å². The van der Waals surface area contributed by atoms with Gasteiger partial charge in [-0.3, -0.25) is 4.79 Å². The van der Waals surface area contributed by atoms with Crippen molar-refractivity contribution in [3.05, 3.63) is 64.2 Å². The van der Waals surface area contributed by atoms with Crippen LogP contribution in [0.4, 0.5) is 0 Å². The van der Waals surface area contributed by atoms with Crippen molar-refractivity contribution in [2.45, 2.75) is 31.2 Å². The van der Waals surface area contributed by atoms with Crippen LogP contribution in [-0.2, 0) is 16.6 Å². The number of rotatable bonds is 5. The minimum Gasteiger partial charge on any atom is -0.339 e. The highest BCUT2D eigenvalue weighted by molar-refractivity contribution is 7.89. The zero-order valence-electron chi connectivity index (χ0n) is 14.5. The number of sulfonamides is 1. The maximum Gasteiger partial charge on any atom is 0.254 e. The third-order valence-corrected chi connectivity index (χ3v) is 6.17. The quantitative estimate of drug-likeness (QED) is 0.848. The fourth-order valence-electron chi connectivity index (χ4n) is 2.95. The second kappa shape index (κ2) is 7.78. The molecule has 0 aromatic heterocycles. The Bertz CT molecular complexity index is 905. The number of amides is 1. The predicted molar refractivity (Wildman–Crippen MR) is 102 cm³/mol. The normalized spacial score (nSPS) is 14.6. The van der Waals surface area contributed by atoms with Crippen LogP contribution >= 0.6 is 11.6 Å². The Balaban J connectivity index is 1.79. The van der Waals surface area contributed by atoms with E-state index in [-0.39, 0.29) is 17.3 Å². The number of carbonyl (C=O) groups excluding carboxylic acids is 1. The highest BCUT2D eigenvalue weighted by Crippen LogP contribution is 2.20. The summed E-state index contributed by atoms with van der Waals surface area (Å²) < 4.78 is 27.8. The number of hydrogen-bond acceptors (Lipinski definition) is 3. The Morgan fingerprint density at radius 1 is 1.12 bits per heavy atom. The van der Waals surface area contributed by atoms with Gasteiger partial charge in [0.2, 0.25) is 10.0 Å². The van der Waals surface area contributed by atoms with E-state index in [1.807, 2.05) is 6.92 Å². The highest BCUT2D eigenvalue weighted by Gasteiger charge is 2.23. The SMILES string of the molecule is Cc1ccc(S(=O)(=O)NCc2ccc(Cl)cc2)cc1C(=O)N1CCCC1. The van der Waals surface area contributed by atoms with Crippen molar-refractivity contribution >= 4 is 27.5 Å². The van der Waals surface area contributed by atoms with Crippen LogP contribution in [0.5, 0.6) is 0 Å². The van der Waals surface area contributed by atoms with Gasteiger partial charge >= 0.3 is 0 Å². The van der Waals surface area contributed by atoms with Gasteiger partial charge in [0.05, 0.1) is 4.90 Å². The third kappa shape index (κ3) is 4.26. The molecule has 2 aromatic rings. The van der Waals surface area contributed by atoms with Crippen LogP contribution in [-0.4, -0.2) is 32.3 Å². The van der Waals surface area contributed by atoms with Crippen molar-refractivity contribution in [1.82, 2.24) is 9.62 Å². The highest BCUT2D eigenvalue weighted by atomic mass is 35.5. The first-order valence-electron chi connectivity index (χ1n) is 8.51. The molecule has 1 fully saturated rings. The van der Waals surface area contributed by atoms with E-state index in [0.717, 1.165) is 37.1 Å². The Labute approximate surface area is 159 Å². The molecule has 1 N–H and O–H groups in total. The van der Waals surface area contributed by atoms with Crippen LogP contribution in [0.1, 0.15) is 34.3 Å². The van der Waals surface area contributed by atoms with Gasteiger partial charge in [-0.25, -0.2) is 13.1 Å². The summed E-state index contributed by atoms with van der Waals surface area (Å²) in [4.78, 5) is 14.5. The number of halogens is 1. The van der Waals surface area contributed by atoms with Gasteiger partial charge in [0.15, 0.2) is 0 Å². The molecule has 138 valence electrons. The van der Waals surface area contributed by atoms with E-state index in [1.54, 1.807) is 35.2 Å². The van der Waals surface area contributed by atoms with Crippen LogP contribution in [0.2, 0.25) is 5.02 Å². The van der Waals surface area contributed by atoms with Gasteiger partial charge in [-0.1, -0.05) is 29.8 Å². The minimum absolute atomic E-state index is 0.0969. The molecule has 7 heteroatoms. The average molecular weight is 393 g/mol. The molecule has 0 radical (unpaired) electrons. The van der Waals surface area contributed by atoms with E-state index < -0.39 is 10.0 Å². The summed E-state index contributed by atoms with van der Waals surface area (Å²) >= 11 is 5.84. The summed E-state index contributed by atoms with van der Waals surface area (Å²) in [6, 6.07) is 11.6. The van der Waals surface area contributed by atoms with E-state index in [2.05, 4.69) is 4.72 Å². The first-order valence-corrected chi connectivity index (χ1v) is 10.4. The molecule has 1 amide bonds. The summed E-state index contributed by atoms with van der Waals surface area (Å²) in [5.74, 6) is -0.102. The molecule has 26 heavy (non-hydrogen) atoms. The van der Waals surface area contributed by atoms with Crippen LogP contribution in [0, 0.1) is 6.92 Å². The molecule has 1 aliphatic heterocycles. The molecule has 0 aliphatic carbocycles. The van der Waals surface area contributed by atoms with Crippen molar-refractivity contribution < 1.29 is 13.2 Å². The molecule has 0 unspecified atom stereocenters. The molecular weight excluding hydrogens is 372 g/mol. The molecule has 1 heterocycles. The topological polar surface area (TPSA) is 66.5 Å². The van der Waals surface area contributed by atoms with E-state index in [0.29, 0.717) is 10.6 Å². The number of hydrogen-bond donors (Lipinski definition) is 1. The number of aryl methyl sites for hydroxylation is 1. The lowest BCUT2D eigenvalue weighted by molar-refractivity contribution is 0.0792. The molecule has 3 rings (SSSR count). The van der Waals surface area contributed by atoms with Gasteiger partial charge < -0.3 is 4.90 Å². The minimum atomic E-state index is -3.72. The van der Waals surface area contributed by atoms with Crippen LogP contribution in [0.25, 0.3) is 0 Å². The molecule has 5 nitrogen and oxygen atoms in total. The molecule has 0 spiro atoms. The smallest absolute Gasteiger partial charge is 0.254 e. The van der Waals surface area contributed by atoms with Crippen molar-refractivity contribution in [3.63, 3.8) is 0 Å². The lowest BCUT2D eigenvalue weighted by Gasteiger charge is -2.17. The van der Waals surface area contributed by atoms with Gasteiger partial charge in [0.1, 0.15) is 0 Å². The monoisotopic (exact) mass is 392 g/mol. The number of nitrogens with zero attached hydrogens (tertiary/aromatic N) is 1. The van der Waals surface area contributed by atoms with Crippen LogP contribution in [0.3, 0.4) is 0 Å². The Kier molecular flexibility index (Phi) is 5.65. The summed E-state index contributed by atoms with van der Waals surface area (Å²) in [6.07, 6.45) is 1.98. The van der Waals surface area contributed by atoms with Gasteiger partial charge in [-0.2, -0.15) is 0 Å². The first-order chi connectivity index (χ1) is 12.4. The summed E-state index contributed by atoms with van der Waals surface area (Å²) in [5.41, 5.74) is 2.03. The lowest BCUT2D eigenvalue weighted by Crippen LogP contribution is -2.29. The molecule has 2 aromatic carbocycles. The number of nitrogens with one attached hydrogen (secondary N) is 1. The van der Waals surface area contributed by atoms with Crippen molar-refractivity contribution in [3.8, 4) is 0 Å². The van der Waals surface area contributed by atoms with E-state index in [4.69, 9.17) is 11.6 Å². The maximum absolute atomic E-state index is 12.7. The van der Waals surface area contributed by atoms with E-state index in [1.165, 1.54) is 12.1 Å². The second-order valence-corrected chi connectivity index (χ2v) is 8.63. The predicted octanol–water partition coefficient (Wildman–Crippen LogP) is 3.36. The summed E-state index contributed by atoms with van der Waals surface area (Å²) in [6.45, 7) is 3.43. The Morgan fingerprint density at radius 2 is 1.77 bits per heavy atom. The second-order valence-electron chi connectivity index (χ2n) is 6.43. The summed E-state index contributed by atoms with van der Waals surface area (Å²) in [7, 11) is -3.72. The van der Waals surface area contributed by atoms with Gasteiger partial charge in [-0.15, -0.1) is 0 Å². The molecule has 0 saturated carbocycles.